The summed E-state index contributed by atoms with van der Waals surface area (Å²) in [5, 5.41) is 0. The van der Waals surface area contributed by atoms with Crippen LogP contribution in [0.4, 0.5) is 0 Å². The molecule has 0 aliphatic carbocycles. The summed E-state index contributed by atoms with van der Waals surface area (Å²) in [6.07, 6.45) is -0.0496. The van der Waals surface area contributed by atoms with Crippen LogP contribution in [0, 0.1) is 5.41 Å². The second-order valence-corrected chi connectivity index (χ2v) is 24.7. The minimum Gasteiger partial charge on any atom is -0.471 e. The fourth-order valence-corrected chi connectivity index (χ4v) is 11.6. The molecule has 122 valence electrons. The molecule has 0 saturated heterocycles. The van der Waals surface area contributed by atoms with Crippen molar-refractivity contribution in [3.63, 3.8) is 0 Å². The maximum absolute atomic E-state index is 6.44. The fourth-order valence-electron chi connectivity index (χ4n) is 1.87. The van der Waals surface area contributed by atoms with E-state index in [-0.39, 0.29) is 30.0 Å². The molecule has 1 unspecified atom stereocenters. The average molecular weight is 369 g/mol. The van der Waals surface area contributed by atoms with Gasteiger partial charge < -0.3 is 13.0 Å². The van der Waals surface area contributed by atoms with E-state index in [1.165, 1.54) is 0 Å². The Kier molecular flexibility index (Phi) is 8.38. The highest BCUT2D eigenvalue weighted by molar-refractivity contribution is 6.99. The summed E-state index contributed by atoms with van der Waals surface area (Å²) >= 11 is 0. The predicted molar refractivity (Wildman–Crippen MR) is 104 cm³/mol. The minimum atomic E-state index is -1.61. The summed E-state index contributed by atoms with van der Waals surface area (Å²) in [6, 6.07) is 0. The standard InChI is InChI=1S/C12H36O3Si5/c1-10(17-18-15-16)12(2,3)11(13-19(4,5)6)14-20(7,8)9/h10-11H,17-18H2,1-9,16H3. The maximum Gasteiger partial charge on any atom is 0.187 e. The van der Waals surface area contributed by atoms with E-state index in [4.69, 9.17) is 13.0 Å². The molecule has 0 spiro atoms. The van der Waals surface area contributed by atoms with Gasteiger partial charge in [-0.05, 0) is 44.8 Å². The van der Waals surface area contributed by atoms with Crippen molar-refractivity contribution in [2.45, 2.75) is 71.9 Å². The van der Waals surface area contributed by atoms with Crippen LogP contribution in [-0.2, 0) is 13.0 Å². The molecular weight excluding hydrogens is 333 g/mol. The number of rotatable bonds is 9. The zero-order valence-electron chi connectivity index (χ0n) is 15.3. The Labute approximate surface area is 135 Å². The maximum atomic E-state index is 6.44. The van der Waals surface area contributed by atoms with Crippen LogP contribution in [0.5, 0.6) is 0 Å². The third-order valence-corrected chi connectivity index (χ3v) is 16.2. The molecule has 0 amide bonds. The molecule has 0 aromatic heterocycles. The van der Waals surface area contributed by atoms with Gasteiger partial charge in [-0.15, -0.1) is 0 Å². The van der Waals surface area contributed by atoms with Gasteiger partial charge in [0, 0.05) is 14.5 Å². The Hall–Kier alpha value is 0.964. The smallest absolute Gasteiger partial charge is 0.187 e. The minimum absolute atomic E-state index is 0.0496. The summed E-state index contributed by atoms with van der Waals surface area (Å²) in [7, 11) is -2.61. The topological polar surface area (TPSA) is 27.7 Å². The van der Waals surface area contributed by atoms with E-state index in [1.54, 1.807) is 0 Å². The molecule has 0 heterocycles. The first-order valence-corrected chi connectivity index (χ1v) is 20.7. The molecule has 0 aromatic rings. The van der Waals surface area contributed by atoms with E-state index in [2.05, 4.69) is 60.1 Å². The Bertz CT molecular complexity index is 270. The molecule has 0 aliphatic rings. The zero-order valence-corrected chi connectivity index (χ0v) is 22.1. The molecule has 0 radical (unpaired) electrons. The lowest BCUT2D eigenvalue weighted by Crippen LogP contribution is -2.49. The first kappa shape index (κ1) is 21.0. The van der Waals surface area contributed by atoms with Gasteiger partial charge in [-0.2, -0.15) is 0 Å². The third kappa shape index (κ3) is 8.42. The van der Waals surface area contributed by atoms with Crippen molar-refractivity contribution in [1.82, 2.24) is 0 Å². The van der Waals surface area contributed by atoms with Crippen molar-refractivity contribution in [3.05, 3.63) is 0 Å². The second-order valence-electron chi connectivity index (χ2n) is 8.30. The first-order chi connectivity index (χ1) is 8.79. The summed E-state index contributed by atoms with van der Waals surface area (Å²) < 4.78 is 18.4. The van der Waals surface area contributed by atoms with Crippen molar-refractivity contribution in [2.75, 3.05) is 0 Å². The van der Waals surface area contributed by atoms with Crippen LogP contribution >= 0.6 is 0 Å². The van der Waals surface area contributed by atoms with E-state index in [9.17, 15) is 0 Å². The van der Waals surface area contributed by atoms with Crippen LogP contribution in [0.1, 0.15) is 20.8 Å². The summed E-state index contributed by atoms with van der Waals surface area (Å²) in [5.74, 6) is 0. The lowest BCUT2D eigenvalue weighted by Gasteiger charge is -2.44. The van der Waals surface area contributed by atoms with Crippen LogP contribution in [-0.4, -0.2) is 51.7 Å². The molecule has 0 fully saturated rings. The Morgan fingerprint density at radius 2 is 1.35 bits per heavy atom. The molecule has 0 N–H and O–H groups in total. The van der Waals surface area contributed by atoms with E-state index in [1.807, 2.05) is 0 Å². The van der Waals surface area contributed by atoms with Crippen LogP contribution in [0.15, 0.2) is 0 Å². The summed E-state index contributed by atoms with van der Waals surface area (Å²) in [6.45, 7) is 20.6. The van der Waals surface area contributed by atoms with Gasteiger partial charge in [0.1, 0.15) is 26.1 Å². The largest absolute Gasteiger partial charge is 0.471 e. The van der Waals surface area contributed by atoms with Gasteiger partial charge >= 0.3 is 0 Å². The van der Waals surface area contributed by atoms with E-state index < -0.39 is 16.6 Å². The third-order valence-electron chi connectivity index (χ3n) is 3.55. The fraction of sp³-hybridized carbons (Fsp3) is 1.00. The molecule has 0 aromatic carbocycles. The normalized spacial score (nSPS) is 17.1. The van der Waals surface area contributed by atoms with Gasteiger partial charge in [-0.3, -0.25) is 0 Å². The SMILES string of the molecule is CC([SiH2][SiH2]O[SiH3])C(C)(C)C(O[Si](C)(C)C)O[Si](C)(C)C. The second kappa shape index (κ2) is 8.00. The van der Waals surface area contributed by atoms with E-state index >= 15 is 0 Å². The van der Waals surface area contributed by atoms with Gasteiger partial charge in [-0.25, -0.2) is 0 Å². The summed E-state index contributed by atoms with van der Waals surface area (Å²) in [4.78, 5) is 0. The van der Waals surface area contributed by atoms with Crippen molar-refractivity contribution >= 4 is 45.4 Å². The highest BCUT2D eigenvalue weighted by atomic mass is 29.2. The van der Waals surface area contributed by atoms with Crippen LogP contribution in [0.25, 0.3) is 0 Å². The van der Waals surface area contributed by atoms with Crippen molar-refractivity contribution < 1.29 is 13.0 Å². The molecule has 3 nitrogen and oxygen atoms in total. The molecule has 8 heteroatoms. The highest BCUT2D eigenvalue weighted by Gasteiger charge is 2.41. The monoisotopic (exact) mass is 368 g/mol. The highest BCUT2D eigenvalue weighted by Crippen LogP contribution is 2.39. The Balaban J connectivity index is 5.06. The van der Waals surface area contributed by atoms with Gasteiger partial charge in [-0.1, -0.05) is 20.8 Å². The predicted octanol–water partition coefficient (Wildman–Crippen LogP) is 1.31. The molecule has 1 atom stereocenters. The van der Waals surface area contributed by atoms with Gasteiger partial charge in [0.2, 0.25) is 0 Å². The van der Waals surface area contributed by atoms with E-state index in [0.29, 0.717) is 5.54 Å². The van der Waals surface area contributed by atoms with Crippen molar-refractivity contribution in [2.24, 2.45) is 5.41 Å². The molecule has 0 bridgehead atoms. The van der Waals surface area contributed by atoms with Gasteiger partial charge in [0.25, 0.3) is 0 Å². The van der Waals surface area contributed by atoms with Gasteiger partial charge in [0.05, 0.1) is 0 Å². The number of hydrogen-bond acceptors (Lipinski definition) is 3. The summed E-state index contributed by atoms with van der Waals surface area (Å²) in [5.41, 5.74) is 0.806. The molecule has 20 heavy (non-hydrogen) atoms. The first-order valence-electron chi connectivity index (χ1n) is 7.64. The number of hydrogen-bond donors (Lipinski definition) is 0. The Morgan fingerprint density at radius 3 is 1.65 bits per heavy atom. The lowest BCUT2D eigenvalue weighted by molar-refractivity contribution is -0.0934. The van der Waals surface area contributed by atoms with Gasteiger partial charge in [0.15, 0.2) is 16.6 Å². The van der Waals surface area contributed by atoms with Crippen LogP contribution < -0.4 is 0 Å². The Morgan fingerprint density at radius 1 is 0.950 bits per heavy atom. The van der Waals surface area contributed by atoms with Crippen molar-refractivity contribution in [3.8, 4) is 0 Å². The van der Waals surface area contributed by atoms with Crippen LogP contribution in [0.3, 0.4) is 0 Å². The quantitative estimate of drug-likeness (QED) is 0.454. The molecular formula is C12H36O3Si5. The van der Waals surface area contributed by atoms with E-state index in [0.717, 1.165) is 10.5 Å². The molecule has 0 rings (SSSR count). The molecule has 0 saturated carbocycles. The van der Waals surface area contributed by atoms with Crippen molar-refractivity contribution in [1.29, 1.82) is 0 Å². The average Bonchev–Trinajstić information content (AvgIpc) is 2.20. The molecule has 0 aliphatic heterocycles. The van der Waals surface area contributed by atoms with Crippen LogP contribution in [0.2, 0.25) is 44.8 Å². The zero-order chi connectivity index (χ0) is 16.2. The lowest BCUT2D eigenvalue weighted by atomic mass is 9.89.